The molecular formula is C21H15F4NO2. The van der Waals surface area contributed by atoms with Gasteiger partial charge in [-0.25, -0.2) is 9.18 Å². The van der Waals surface area contributed by atoms with Crippen LogP contribution in [-0.4, -0.2) is 11.1 Å². The zero-order chi connectivity index (χ0) is 20.3. The van der Waals surface area contributed by atoms with Gasteiger partial charge in [0.25, 0.3) is 0 Å². The lowest BCUT2D eigenvalue weighted by molar-refractivity contribution is -0.137. The number of benzene rings is 3. The van der Waals surface area contributed by atoms with E-state index in [9.17, 15) is 22.4 Å². The lowest BCUT2D eigenvalue weighted by Gasteiger charge is -2.10. The molecule has 0 unspecified atom stereocenters. The van der Waals surface area contributed by atoms with Crippen molar-refractivity contribution in [3.05, 3.63) is 89.2 Å². The molecule has 0 amide bonds. The molecule has 0 saturated heterocycles. The van der Waals surface area contributed by atoms with E-state index in [4.69, 9.17) is 5.11 Å². The van der Waals surface area contributed by atoms with Crippen molar-refractivity contribution in [2.75, 3.05) is 5.32 Å². The highest BCUT2D eigenvalue weighted by Gasteiger charge is 2.29. The molecule has 144 valence electrons. The Morgan fingerprint density at radius 3 is 2.00 bits per heavy atom. The van der Waals surface area contributed by atoms with Crippen molar-refractivity contribution in [3.8, 4) is 11.1 Å². The summed E-state index contributed by atoms with van der Waals surface area (Å²) in [5, 5.41) is 11.8. The van der Waals surface area contributed by atoms with Gasteiger partial charge in [-0.15, -0.1) is 0 Å². The van der Waals surface area contributed by atoms with Gasteiger partial charge in [-0.1, -0.05) is 36.4 Å². The number of aromatic carboxylic acids is 1. The van der Waals surface area contributed by atoms with Crippen molar-refractivity contribution in [3.63, 3.8) is 0 Å². The third-order valence-electron chi connectivity index (χ3n) is 4.20. The largest absolute Gasteiger partial charge is 0.478 e. The van der Waals surface area contributed by atoms with E-state index in [0.717, 1.165) is 29.3 Å². The monoisotopic (exact) mass is 389 g/mol. The van der Waals surface area contributed by atoms with Crippen molar-refractivity contribution in [2.45, 2.75) is 12.7 Å². The van der Waals surface area contributed by atoms with Crippen molar-refractivity contribution in [2.24, 2.45) is 0 Å². The molecule has 0 bridgehead atoms. The fourth-order valence-electron chi connectivity index (χ4n) is 2.66. The third kappa shape index (κ3) is 4.49. The molecule has 3 rings (SSSR count). The van der Waals surface area contributed by atoms with E-state index in [1.165, 1.54) is 24.3 Å². The molecule has 0 aliphatic carbocycles. The van der Waals surface area contributed by atoms with Crippen molar-refractivity contribution in [1.29, 1.82) is 0 Å². The predicted molar refractivity (Wildman–Crippen MR) is 97.6 cm³/mol. The minimum atomic E-state index is -4.37. The number of carboxylic acid groups (broad SMARTS) is 1. The number of carboxylic acids is 1. The molecule has 3 nitrogen and oxygen atoms in total. The minimum absolute atomic E-state index is 0.0263. The van der Waals surface area contributed by atoms with Crippen LogP contribution in [0.3, 0.4) is 0 Å². The van der Waals surface area contributed by atoms with Crippen molar-refractivity contribution >= 4 is 11.7 Å². The molecule has 0 aliphatic heterocycles. The molecule has 0 radical (unpaired) electrons. The van der Waals surface area contributed by atoms with E-state index in [0.29, 0.717) is 5.56 Å². The Hall–Kier alpha value is -3.35. The molecule has 2 N–H and O–H groups in total. The van der Waals surface area contributed by atoms with Crippen LogP contribution in [0, 0.1) is 5.82 Å². The van der Waals surface area contributed by atoms with Crippen LogP contribution in [0.2, 0.25) is 0 Å². The first-order valence-corrected chi connectivity index (χ1v) is 8.27. The highest BCUT2D eigenvalue weighted by atomic mass is 19.4. The Morgan fingerprint density at radius 1 is 0.893 bits per heavy atom. The third-order valence-corrected chi connectivity index (χ3v) is 4.20. The molecule has 0 aliphatic rings. The predicted octanol–water partition coefficient (Wildman–Crippen LogP) is 5.82. The average Bonchev–Trinajstić information content (AvgIpc) is 2.67. The fraction of sp³-hybridized carbons (Fsp3) is 0.0952. The van der Waals surface area contributed by atoms with Gasteiger partial charge in [0.15, 0.2) is 0 Å². The summed E-state index contributed by atoms with van der Waals surface area (Å²) in [6.07, 6.45) is -4.37. The number of halogens is 4. The summed E-state index contributed by atoms with van der Waals surface area (Å²) >= 11 is 0. The summed E-state index contributed by atoms with van der Waals surface area (Å²) in [7, 11) is 0. The summed E-state index contributed by atoms with van der Waals surface area (Å²) in [5.41, 5.74) is 1.54. The van der Waals surface area contributed by atoms with Crippen LogP contribution in [0.15, 0.2) is 66.7 Å². The zero-order valence-electron chi connectivity index (χ0n) is 14.4. The molecule has 3 aromatic rings. The van der Waals surface area contributed by atoms with Gasteiger partial charge in [-0.2, -0.15) is 13.2 Å². The summed E-state index contributed by atoms with van der Waals surface area (Å²) in [6, 6.07) is 15.4. The SMILES string of the molecule is O=C(O)c1ccc(F)c(NCc2ccc(-c3ccc(C(F)(F)F)cc3)cc2)c1. The number of carbonyl (C=O) groups is 1. The van der Waals surface area contributed by atoms with Gasteiger partial charge in [0.05, 0.1) is 16.8 Å². The van der Waals surface area contributed by atoms with Gasteiger partial charge in [0.1, 0.15) is 5.82 Å². The van der Waals surface area contributed by atoms with Crippen LogP contribution < -0.4 is 5.32 Å². The Balaban J connectivity index is 1.70. The first-order valence-electron chi connectivity index (χ1n) is 8.27. The lowest BCUT2D eigenvalue weighted by atomic mass is 10.0. The maximum Gasteiger partial charge on any atom is 0.416 e. The molecule has 0 atom stereocenters. The molecule has 0 spiro atoms. The second kappa shape index (κ2) is 7.72. The number of alkyl halides is 3. The number of rotatable bonds is 5. The van der Waals surface area contributed by atoms with Crippen molar-refractivity contribution in [1.82, 2.24) is 0 Å². The van der Waals surface area contributed by atoms with E-state index in [1.807, 2.05) is 0 Å². The maximum atomic E-state index is 13.8. The number of nitrogens with one attached hydrogen (secondary N) is 1. The topological polar surface area (TPSA) is 49.3 Å². The van der Waals surface area contributed by atoms with E-state index in [2.05, 4.69) is 5.32 Å². The standard InChI is InChI=1S/C21H15F4NO2/c22-18-10-7-16(20(27)28)11-19(18)26-12-13-1-3-14(4-2-13)15-5-8-17(9-6-15)21(23,24)25/h1-11,26H,12H2,(H,27,28). The normalized spacial score (nSPS) is 11.3. The molecule has 0 heterocycles. The zero-order valence-corrected chi connectivity index (χ0v) is 14.4. The molecular weight excluding hydrogens is 374 g/mol. The highest BCUT2D eigenvalue weighted by molar-refractivity contribution is 5.88. The quantitative estimate of drug-likeness (QED) is 0.541. The first-order chi connectivity index (χ1) is 13.2. The van der Waals surface area contributed by atoms with Gasteiger partial charge >= 0.3 is 12.1 Å². The molecule has 0 saturated carbocycles. The van der Waals surface area contributed by atoms with Gasteiger partial charge in [-0.3, -0.25) is 0 Å². The molecule has 0 aromatic heterocycles. The summed E-state index contributed by atoms with van der Waals surface area (Å²) in [4.78, 5) is 11.0. The Bertz CT molecular complexity index is 981. The minimum Gasteiger partial charge on any atom is -0.478 e. The van der Waals surface area contributed by atoms with E-state index in [-0.39, 0.29) is 17.8 Å². The van der Waals surface area contributed by atoms with E-state index in [1.54, 1.807) is 24.3 Å². The first kappa shape index (κ1) is 19.4. The van der Waals surface area contributed by atoms with Crippen LogP contribution >= 0.6 is 0 Å². The van der Waals surface area contributed by atoms with Crippen LogP contribution in [0.4, 0.5) is 23.2 Å². The second-order valence-corrected chi connectivity index (χ2v) is 6.13. The maximum absolute atomic E-state index is 13.8. The number of hydrogen-bond acceptors (Lipinski definition) is 2. The summed E-state index contributed by atoms with van der Waals surface area (Å²) < 4.78 is 51.7. The second-order valence-electron chi connectivity index (χ2n) is 6.13. The van der Waals surface area contributed by atoms with Crippen molar-refractivity contribution < 1.29 is 27.5 Å². The molecule has 7 heteroatoms. The van der Waals surface area contributed by atoms with Crippen LogP contribution in [0.5, 0.6) is 0 Å². The number of anilines is 1. The Kier molecular flexibility index (Phi) is 5.35. The molecule has 28 heavy (non-hydrogen) atoms. The Labute approximate surface area is 158 Å². The van der Waals surface area contributed by atoms with Crippen LogP contribution in [0.25, 0.3) is 11.1 Å². The van der Waals surface area contributed by atoms with Gasteiger partial charge in [0.2, 0.25) is 0 Å². The fourth-order valence-corrected chi connectivity index (χ4v) is 2.66. The molecule has 3 aromatic carbocycles. The molecule has 0 fully saturated rings. The number of hydrogen-bond donors (Lipinski definition) is 2. The van der Waals surface area contributed by atoms with Crippen LogP contribution in [0.1, 0.15) is 21.5 Å². The van der Waals surface area contributed by atoms with E-state index >= 15 is 0 Å². The summed E-state index contributed by atoms with van der Waals surface area (Å²) in [6.45, 7) is 0.257. The van der Waals surface area contributed by atoms with E-state index < -0.39 is 23.5 Å². The Morgan fingerprint density at radius 2 is 1.46 bits per heavy atom. The smallest absolute Gasteiger partial charge is 0.416 e. The lowest BCUT2D eigenvalue weighted by Crippen LogP contribution is -2.04. The highest BCUT2D eigenvalue weighted by Crippen LogP contribution is 2.31. The van der Waals surface area contributed by atoms with Gasteiger partial charge in [0, 0.05) is 6.54 Å². The van der Waals surface area contributed by atoms with Gasteiger partial charge in [-0.05, 0) is 47.0 Å². The van der Waals surface area contributed by atoms with Crippen LogP contribution in [-0.2, 0) is 12.7 Å². The average molecular weight is 389 g/mol. The van der Waals surface area contributed by atoms with Gasteiger partial charge < -0.3 is 10.4 Å². The summed E-state index contributed by atoms with van der Waals surface area (Å²) in [5.74, 6) is -1.71.